The lowest BCUT2D eigenvalue weighted by Gasteiger charge is -2.28. The first-order valence-corrected chi connectivity index (χ1v) is 7.73. The molecule has 1 heterocycles. The van der Waals surface area contributed by atoms with Crippen LogP contribution in [0.15, 0.2) is 24.3 Å². The van der Waals surface area contributed by atoms with E-state index in [1.165, 1.54) is 0 Å². The fourth-order valence-electron chi connectivity index (χ4n) is 2.54. The van der Waals surface area contributed by atoms with Gasteiger partial charge in [0.05, 0.1) is 13.2 Å². The Hall–Kier alpha value is -1.88. The minimum Gasteiger partial charge on any atom is -0.378 e. The van der Waals surface area contributed by atoms with Crippen molar-refractivity contribution in [2.24, 2.45) is 0 Å². The number of amides is 2. The van der Waals surface area contributed by atoms with Crippen molar-refractivity contribution in [2.75, 3.05) is 32.8 Å². The average molecular weight is 304 g/mol. The van der Waals surface area contributed by atoms with Crippen molar-refractivity contribution in [3.8, 4) is 0 Å². The van der Waals surface area contributed by atoms with Crippen molar-refractivity contribution in [1.82, 2.24) is 9.80 Å². The van der Waals surface area contributed by atoms with Crippen LogP contribution in [0, 0.1) is 6.92 Å². The van der Waals surface area contributed by atoms with Gasteiger partial charge in [-0.2, -0.15) is 0 Å². The lowest BCUT2D eigenvalue weighted by molar-refractivity contribution is -0.136. The largest absolute Gasteiger partial charge is 0.378 e. The highest BCUT2D eigenvalue weighted by atomic mass is 16.5. The highest BCUT2D eigenvalue weighted by Crippen LogP contribution is 2.11. The van der Waals surface area contributed by atoms with Gasteiger partial charge in [-0.3, -0.25) is 9.59 Å². The van der Waals surface area contributed by atoms with Crippen LogP contribution in [-0.2, 0) is 20.9 Å². The maximum absolute atomic E-state index is 12.2. The molecule has 1 fully saturated rings. The molecule has 0 bridgehead atoms. The Balaban J connectivity index is 1.90. The van der Waals surface area contributed by atoms with Crippen LogP contribution in [0.4, 0.5) is 0 Å². The normalized spacial score (nSPS) is 14.7. The molecule has 0 spiro atoms. The van der Waals surface area contributed by atoms with Gasteiger partial charge in [-0.15, -0.1) is 0 Å². The van der Waals surface area contributed by atoms with E-state index >= 15 is 0 Å². The quantitative estimate of drug-likeness (QED) is 0.830. The van der Waals surface area contributed by atoms with Crippen LogP contribution in [0.25, 0.3) is 0 Å². The summed E-state index contributed by atoms with van der Waals surface area (Å²) in [5, 5.41) is 0. The van der Waals surface area contributed by atoms with E-state index in [1.54, 1.807) is 11.8 Å². The SMILES string of the molecule is CC(=O)N(CCC(=O)N1CCOCC1)Cc1ccccc1C. The molecule has 0 aliphatic carbocycles. The smallest absolute Gasteiger partial charge is 0.224 e. The van der Waals surface area contributed by atoms with E-state index in [0.717, 1.165) is 11.1 Å². The van der Waals surface area contributed by atoms with Gasteiger partial charge < -0.3 is 14.5 Å². The van der Waals surface area contributed by atoms with Crippen LogP contribution < -0.4 is 0 Å². The zero-order valence-corrected chi connectivity index (χ0v) is 13.4. The number of hydrogen-bond acceptors (Lipinski definition) is 3. The first-order valence-electron chi connectivity index (χ1n) is 7.73. The molecule has 0 radical (unpaired) electrons. The molecule has 0 unspecified atom stereocenters. The van der Waals surface area contributed by atoms with Crippen molar-refractivity contribution >= 4 is 11.8 Å². The summed E-state index contributed by atoms with van der Waals surface area (Å²) < 4.78 is 5.25. The summed E-state index contributed by atoms with van der Waals surface area (Å²) in [7, 11) is 0. The number of carbonyl (C=O) groups excluding carboxylic acids is 2. The number of nitrogens with zero attached hydrogens (tertiary/aromatic N) is 2. The number of aryl methyl sites for hydroxylation is 1. The second kappa shape index (κ2) is 7.94. The first-order chi connectivity index (χ1) is 10.6. The molecule has 22 heavy (non-hydrogen) atoms. The van der Waals surface area contributed by atoms with Gasteiger partial charge in [0.15, 0.2) is 0 Å². The molecule has 1 aliphatic heterocycles. The van der Waals surface area contributed by atoms with Crippen molar-refractivity contribution in [3.63, 3.8) is 0 Å². The zero-order valence-electron chi connectivity index (χ0n) is 13.4. The topological polar surface area (TPSA) is 49.9 Å². The van der Waals surface area contributed by atoms with Crippen molar-refractivity contribution in [2.45, 2.75) is 26.8 Å². The standard InChI is InChI=1S/C17H24N2O3/c1-14-5-3-4-6-16(14)13-19(15(2)20)8-7-17(21)18-9-11-22-12-10-18/h3-6H,7-13H2,1-2H3. The summed E-state index contributed by atoms with van der Waals surface area (Å²) in [6.45, 7) is 7.10. The Morgan fingerprint density at radius 2 is 1.91 bits per heavy atom. The minimum absolute atomic E-state index is 0.00182. The third-order valence-electron chi connectivity index (χ3n) is 4.03. The van der Waals surface area contributed by atoms with Gasteiger partial charge in [-0.05, 0) is 18.1 Å². The van der Waals surface area contributed by atoms with E-state index < -0.39 is 0 Å². The molecule has 2 amide bonds. The summed E-state index contributed by atoms with van der Waals surface area (Å²) in [5.74, 6) is 0.0948. The Kier molecular flexibility index (Phi) is 5.95. The van der Waals surface area contributed by atoms with E-state index in [9.17, 15) is 9.59 Å². The van der Waals surface area contributed by atoms with Crippen molar-refractivity contribution in [1.29, 1.82) is 0 Å². The molecule has 0 aromatic heterocycles. The highest BCUT2D eigenvalue weighted by Gasteiger charge is 2.18. The van der Waals surface area contributed by atoms with E-state index in [4.69, 9.17) is 4.74 Å². The van der Waals surface area contributed by atoms with Gasteiger partial charge in [0.1, 0.15) is 0 Å². The fraction of sp³-hybridized carbons (Fsp3) is 0.529. The molecule has 1 saturated heterocycles. The molecule has 5 heteroatoms. The van der Waals surface area contributed by atoms with Crippen LogP contribution in [0.1, 0.15) is 24.5 Å². The van der Waals surface area contributed by atoms with Crippen LogP contribution >= 0.6 is 0 Å². The van der Waals surface area contributed by atoms with Crippen molar-refractivity contribution in [3.05, 3.63) is 35.4 Å². The molecular weight excluding hydrogens is 280 g/mol. The monoisotopic (exact) mass is 304 g/mol. The Labute approximate surface area is 131 Å². The molecular formula is C17H24N2O3. The Morgan fingerprint density at radius 3 is 2.55 bits per heavy atom. The second-order valence-electron chi connectivity index (χ2n) is 5.61. The molecule has 2 rings (SSSR count). The van der Waals surface area contributed by atoms with Gasteiger partial charge >= 0.3 is 0 Å². The second-order valence-corrected chi connectivity index (χ2v) is 5.61. The molecule has 0 atom stereocenters. The molecule has 0 N–H and O–H groups in total. The van der Waals surface area contributed by atoms with Gasteiger partial charge in [-0.1, -0.05) is 24.3 Å². The molecule has 0 saturated carbocycles. The number of benzene rings is 1. The van der Waals surface area contributed by atoms with Crippen LogP contribution in [0.2, 0.25) is 0 Å². The van der Waals surface area contributed by atoms with Gasteiger partial charge in [0, 0.05) is 39.5 Å². The van der Waals surface area contributed by atoms with E-state index in [-0.39, 0.29) is 11.8 Å². The maximum Gasteiger partial charge on any atom is 0.224 e. The summed E-state index contributed by atoms with van der Waals surface area (Å²) in [5.41, 5.74) is 2.28. The number of rotatable bonds is 5. The van der Waals surface area contributed by atoms with E-state index in [2.05, 4.69) is 0 Å². The summed E-state index contributed by atoms with van der Waals surface area (Å²) >= 11 is 0. The predicted molar refractivity (Wildman–Crippen MR) is 84.3 cm³/mol. The predicted octanol–water partition coefficient (Wildman–Crippen LogP) is 1.59. The molecule has 1 aromatic rings. The summed E-state index contributed by atoms with van der Waals surface area (Å²) in [6, 6.07) is 8.01. The van der Waals surface area contributed by atoms with E-state index in [0.29, 0.717) is 45.8 Å². The number of ether oxygens (including phenoxy) is 1. The minimum atomic E-state index is -0.00182. The van der Waals surface area contributed by atoms with Crippen LogP contribution in [0.5, 0.6) is 0 Å². The maximum atomic E-state index is 12.2. The summed E-state index contributed by atoms with van der Waals surface area (Å²) in [4.78, 5) is 27.6. The van der Waals surface area contributed by atoms with Crippen LogP contribution in [0.3, 0.4) is 0 Å². The number of carbonyl (C=O) groups is 2. The van der Waals surface area contributed by atoms with Crippen molar-refractivity contribution < 1.29 is 14.3 Å². The zero-order chi connectivity index (χ0) is 15.9. The molecule has 120 valence electrons. The lowest BCUT2D eigenvalue weighted by Crippen LogP contribution is -2.42. The third kappa shape index (κ3) is 4.56. The third-order valence-corrected chi connectivity index (χ3v) is 4.03. The fourth-order valence-corrected chi connectivity index (χ4v) is 2.54. The van der Waals surface area contributed by atoms with Crippen LogP contribution in [-0.4, -0.2) is 54.5 Å². The Bertz CT molecular complexity index is 524. The molecule has 1 aromatic carbocycles. The van der Waals surface area contributed by atoms with Gasteiger partial charge in [0.2, 0.25) is 11.8 Å². The number of hydrogen-bond donors (Lipinski definition) is 0. The molecule has 1 aliphatic rings. The summed E-state index contributed by atoms with van der Waals surface area (Å²) in [6.07, 6.45) is 0.367. The Morgan fingerprint density at radius 1 is 1.23 bits per heavy atom. The van der Waals surface area contributed by atoms with E-state index in [1.807, 2.05) is 36.1 Å². The highest BCUT2D eigenvalue weighted by molar-refractivity contribution is 5.78. The lowest BCUT2D eigenvalue weighted by atomic mass is 10.1. The molecule has 5 nitrogen and oxygen atoms in total. The average Bonchev–Trinajstić information content (AvgIpc) is 2.53. The number of morpholine rings is 1. The first kappa shape index (κ1) is 16.5. The van der Waals surface area contributed by atoms with Gasteiger partial charge in [-0.25, -0.2) is 0 Å². The van der Waals surface area contributed by atoms with Gasteiger partial charge in [0.25, 0.3) is 0 Å².